The molecule has 11 aromatic rings. The van der Waals surface area contributed by atoms with Crippen LogP contribution in [0.25, 0.3) is 77.2 Å². The molecule has 14 rings (SSSR count). The third kappa shape index (κ3) is 5.20. The lowest BCUT2D eigenvalue weighted by atomic mass is 9.70. The molecule has 314 valence electrons. The van der Waals surface area contributed by atoms with Gasteiger partial charge in [0.25, 0.3) is 0 Å². The second-order valence-electron chi connectivity index (χ2n) is 19.1. The van der Waals surface area contributed by atoms with Gasteiger partial charge in [-0.25, -0.2) is 0 Å². The van der Waals surface area contributed by atoms with Crippen LogP contribution in [0.3, 0.4) is 0 Å². The fourth-order valence-corrected chi connectivity index (χ4v) is 12.7. The van der Waals surface area contributed by atoms with Crippen molar-refractivity contribution in [2.45, 2.75) is 24.7 Å². The zero-order chi connectivity index (χ0) is 44.4. The van der Waals surface area contributed by atoms with Crippen LogP contribution >= 0.6 is 0 Å². The molecule has 0 N–H and O–H groups in total. The molecule has 67 heavy (non-hydrogen) atoms. The van der Waals surface area contributed by atoms with E-state index in [9.17, 15) is 0 Å². The first-order valence-corrected chi connectivity index (χ1v) is 23.6. The molecule has 0 saturated carbocycles. The van der Waals surface area contributed by atoms with Gasteiger partial charge < -0.3 is 4.90 Å². The summed E-state index contributed by atoms with van der Waals surface area (Å²) in [5.41, 5.74) is 23.6. The van der Waals surface area contributed by atoms with Crippen molar-refractivity contribution in [3.63, 3.8) is 0 Å². The van der Waals surface area contributed by atoms with Crippen molar-refractivity contribution in [1.29, 1.82) is 0 Å². The summed E-state index contributed by atoms with van der Waals surface area (Å²) in [7, 11) is 0. The van der Waals surface area contributed by atoms with Gasteiger partial charge in [-0.15, -0.1) is 0 Å². The monoisotopic (exact) mass is 851 g/mol. The van der Waals surface area contributed by atoms with Crippen molar-refractivity contribution < 1.29 is 0 Å². The molecule has 1 heteroatoms. The van der Waals surface area contributed by atoms with E-state index in [0.717, 1.165) is 11.4 Å². The Bertz CT molecular complexity index is 3770. The highest BCUT2D eigenvalue weighted by Gasteiger charge is 2.52. The van der Waals surface area contributed by atoms with Crippen LogP contribution in [0.2, 0.25) is 0 Å². The first-order valence-electron chi connectivity index (χ1n) is 23.6. The standard InChI is InChI=1S/C66H45N/c1-65(2)56-30-12-11-27-55(56)63-61(40-45-20-6-7-23-50(45)64(63)65)67(46-36-34-43(35-37-46)49-29-17-22-44-21-16-28-48(62(44)49)42-18-4-3-5-19-42)47-38-39-54-53-26-10-15-33-59(53)66(60(54)41-47)57-31-13-8-24-51(57)52-25-9-14-32-58(52)66/h3-41H,1-2H3. The highest BCUT2D eigenvalue weighted by atomic mass is 15.1. The summed E-state index contributed by atoms with van der Waals surface area (Å²) >= 11 is 0. The smallest absolute Gasteiger partial charge is 0.0726 e. The minimum Gasteiger partial charge on any atom is -0.310 e. The molecule has 0 radical (unpaired) electrons. The average Bonchev–Trinajstić information content (AvgIpc) is 3.95. The lowest BCUT2D eigenvalue weighted by Gasteiger charge is -2.33. The molecule has 0 unspecified atom stereocenters. The zero-order valence-corrected chi connectivity index (χ0v) is 37.5. The van der Waals surface area contributed by atoms with E-state index < -0.39 is 5.41 Å². The number of benzene rings is 11. The van der Waals surface area contributed by atoms with Gasteiger partial charge in [0.1, 0.15) is 0 Å². The van der Waals surface area contributed by atoms with Gasteiger partial charge in [-0.3, -0.25) is 0 Å². The van der Waals surface area contributed by atoms with Crippen molar-refractivity contribution in [2.75, 3.05) is 4.90 Å². The first kappa shape index (κ1) is 38.1. The topological polar surface area (TPSA) is 3.24 Å². The molecular weight excluding hydrogens is 807 g/mol. The quantitative estimate of drug-likeness (QED) is 0.167. The van der Waals surface area contributed by atoms with Crippen molar-refractivity contribution in [3.05, 3.63) is 270 Å². The molecule has 0 atom stereocenters. The molecule has 11 aromatic carbocycles. The first-order chi connectivity index (χ1) is 33.0. The van der Waals surface area contributed by atoms with Crippen molar-refractivity contribution in [1.82, 2.24) is 0 Å². The van der Waals surface area contributed by atoms with Gasteiger partial charge in [-0.05, 0) is 135 Å². The Morgan fingerprint density at radius 3 is 1.45 bits per heavy atom. The van der Waals surface area contributed by atoms with Crippen molar-refractivity contribution in [2.24, 2.45) is 0 Å². The van der Waals surface area contributed by atoms with Crippen LogP contribution in [0.5, 0.6) is 0 Å². The molecule has 1 nitrogen and oxygen atoms in total. The maximum atomic E-state index is 2.56. The third-order valence-electron chi connectivity index (χ3n) is 15.4. The molecule has 0 aromatic heterocycles. The van der Waals surface area contributed by atoms with E-state index in [2.05, 4.69) is 255 Å². The number of hydrogen-bond donors (Lipinski definition) is 0. The van der Waals surface area contributed by atoms with Gasteiger partial charge in [0.2, 0.25) is 0 Å². The van der Waals surface area contributed by atoms with Gasteiger partial charge in [0.15, 0.2) is 0 Å². The highest BCUT2D eigenvalue weighted by Crippen LogP contribution is 2.64. The molecule has 3 aliphatic carbocycles. The molecule has 0 heterocycles. The van der Waals surface area contributed by atoms with Crippen LogP contribution < -0.4 is 4.90 Å². The van der Waals surface area contributed by atoms with Crippen molar-refractivity contribution >= 4 is 38.6 Å². The Kier molecular flexibility index (Phi) is 8.02. The molecule has 3 aliphatic rings. The average molecular weight is 852 g/mol. The van der Waals surface area contributed by atoms with Gasteiger partial charge in [-0.2, -0.15) is 0 Å². The molecule has 0 bridgehead atoms. The normalized spacial score (nSPS) is 14.1. The molecule has 0 amide bonds. The SMILES string of the molecule is CC1(C)c2ccccc2-c2c(N(c3ccc(-c4cccc5cccc(-c6ccccc6)c45)cc3)c3ccc4c(c3)C3(c5ccccc5-c5ccccc53)c3ccccc3-4)cc3ccccc3c21. The Labute approximate surface area is 391 Å². The predicted octanol–water partition coefficient (Wildman–Crippen LogP) is 17.4. The Morgan fingerprint density at radius 2 is 0.806 bits per heavy atom. The van der Waals surface area contributed by atoms with E-state index in [0.29, 0.717) is 0 Å². The minimum atomic E-state index is -0.463. The van der Waals surface area contributed by atoms with Gasteiger partial charge >= 0.3 is 0 Å². The molecule has 0 aliphatic heterocycles. The predicted molar refractivity (Wildman–Crippen MR) is 281 cm³/mol. The fourth-order valence-electron chi connectivity index (χ4n) is 12.7. The van der Waals surface area contributed by atoms with E-state index in [1.807, 2.05) is 0 Å². The van der Waals surface area contributed by atoms with E-state index in [1.54, 1.807) is 0 Å². The summed E-state index contributed by atoms with van der Waals surface area (Å²) in [6.07, 6.45) is 0. The fraction of sp³-hybridized carbons (Fsp3) is 0.0606. The maximum Gasteiger partial charge on any atom is 0.0726 e. The Morgan fingerprint density at radius 1 is 0.328 bits per heavy atom. The second-order valence-corrected chi connectivity index (χ2v) is 19.1. The largest absolute Gasteiger partial charge is 0.310 e. The summed E-state index contributed by atoms with van der Waals surface area (Å²) in [6.45, 7) is 4.82. The lowest BCUT2D eigenvalue weighted by molar-refractivity contribution is 0.666. The number of rotatable bonds is 5. The van der Waals surface area contributed by atoms with Crippen LogP contribution in [-0.4, -0.2) is 0 Å². The van der Waals surface area contributed by atoms with E-state index >= 15 is 0 Å². The van der Waals surface area contributed by atoms with Crippen LogP contribution in [0.1, 0.15) is 47.2 Å². The molecule has 0 saturated heterocycles. The summed E-state index contributed by atoms with van der Waals surface area (Å²) in [6, 6.07) is 88.8. The zero-order valence-electron chi connectivity index (χ0n) is 37.5. The third-order valence-corrected chi connectivity index (χ3v) is 15.4. The number of hydrogen-bond acceptors (Lipinski definition) is 1. The summed E-state index contributed by atoms with van der Waals surface area (Å²) in [5.74, 6) is 0. The summed E-state index contributed by atoms with van der Waals surface area (Å²) in [4.78, 5) is 2.56. The highest BCUT2D eigenvalue weighted by molar-refractivity contribution is 6.08. The van der Waals surface area contributed by atoms with E-state index in [4.69, 9.17) is 0 Å². The van der Waals surface area contributed by atoms with Gasteiger partial charge in [-0.1, -0.05) is 220 Å². The molecular formula is C66H45N. The van der Waals surface area contributed by atoms with E-state index in [-0.39, 0.29) is 5.41 Å². The molecule has 1 spiro atoms. The molecule has 0 fully saturated rings. The number of nitrogens with zero attached hydrogens (tertiary/aromatic N) is 1. The summed E-state index contributed by atoms with van der Waals surface area (Å²) in [5, 5.41) is 5.06. The minimum absolute atomic E-state index is 0.206. The van der Waals surface area contributed by atoms with Crippen LogP contribution in [-0.2, 0) is 10.8 Å². The lowest BCUT2D eigenvalue weighted by Crippen LogP contribution is -2.26. The number of fused-ring (bicyclic) bond motifs is 16. The summed E-state index contributed by atoms with van der Waals surface area (Å²) < 4.78 is 0. The van der Waals surface area contributed by atoms with Gasteiger partial charge in [0, 0.05) is 22.4 Å². The maximum absolute atomic E-state index is 2.56. The Hall–Kier alpha value is -8.26. The Balaban J connectivity index is 1.04. The second kappa shape index (κ2) is 14.1. The number of anilines is 3. The van der Waals surface area contributed by atoms with Crippen LogP contribution in [0, 0.1) is 0 Å². The van der Waals surface area contributed by atoms with Gasteiger partial charge in [0.05, 0.1) is 11.1 Å². The van der Waals surface area contributed by atoms with Crippen molar-refractivity contribution in [3.8, 4) is 55.6 Å². The van der Waals surface area contributed by atoms with Crippen LogP contribution in [0.15, 0.2) is 237 Å². The van der Waals surface area contributed by atoms with E-state index in [1.165, 1.54) is 116 Å². The van der Waals surface area contributed by atoms with Crippen LogP contribution in [0.4, 0.5) is 17.1 Å².